The summed E-state index contributed by atoms with van der Waals surface area (Å²) in [6.45, 7) is 9.93. The third-order valence-electron chi connectivity index (χ3n) is 4.96. The second kappa shape index (κ2) is 7.96. The molecule has 1 unspecified atom stereocenters. The van der Waals surface area contributed by atoms with Crippen LogP contribution in [0.1, 0.15) is 49.1 Å². The highest BCUT2D eigenvalue weighted by Gasteiger charge is 2.26. The molecule has 5 nitrogen and oxygen atoms in total. The molecular formula is C19H25N3O2S2. The first-order valence-electron chi connectivity index (χ1n) is 9.01. The Morgan fingerprint density at radius 2 is 2.15 bits per heavy atom. The van der Waals surface area contributed by atoms with Gasteiger partial charge in [-0.05, 0) is 39.2 Å². The molecule has 1 saturated carbocycles. The fourth-order valence-corrected chi connectivity index (χ4v) is 5.46. The fraction of sp³-hybridized carbons (Fsp3) is 0.526. The topological polar surface area (TPSA) is 64.0 Å². The van der Waals surface area contributed by atoms with E-state index in [1.54, 1.807) is 17.4 Å². The Hall–Kier alpha value is -1.60. The number of fused-ring (bicyclic) bond motifs is 1. The van der Waals surface area contributed by atoms with Gasteiger partial charge in [0.25, 0.3) is 5.56 Å². The summed E-state index contributed by atoms with van der Waals surface area (Å²) in [5.41, 5.74) is 1.08. The van der Waals surface area contributed by atoms with Crippen LogP contribution < -0.4 is 10.9 Å². The number of carbonyl (C=O) groups excluding carboxylic acids is 1. The average molecular weight is 392 g/mol. The molecule has 0 bridgehead atoms. The predicted octanol–water partition coefficient (Wildman–Crippen LogP) is 3.97. The highest BCUT2D eigenvalue weighted by molar-refractivity contribution is 8.00. The lowest BCUT2D eigenvalue weighted by molar-refractivity contribution is -0.120. The van der Waals surface area contributed by atoms with E-state index in [0.29, 0.717) is 11.7 Å². The maximum atomic E-state index is 13.3. The molecule has 1 fully saturated rings. The van der Waals surface area contributed by atoms with E-state index in [1.807, 2.05) is 25.3 Å². The van der Waals surface area contributed by atoms with Gasteiger partial charge in [0.1, 0.15) is 4.83 Å². The first-order chi connectivity index (χ1) is 12.4. The number of aromatic nitrogens is 2. The molecule has 0 aliphatic heterocycles. The molecule has 1 N–H and O–H groups in total. The van der Waals surface area contributed by atoms with E-state index in [9.17, 15) is 9.59 Å². The Labute approximate surface area is 161 Å². The van der Waals surface area contributed by atoms with Gasteiger partial charge in [-0.1, -0.05) is 30.7 Å². The lowest BCUT2D eigenvalue weighted by atomic mass is 10.2. The zero-order valence-electron chi connectivity index (χ0n) is 15.5. The zero-order chi connectivity index (χ0) is 18.8. The molecule has 2 aromatic rings. The number of thioether (sulfide) groups is 1. The summed E-state index contributed by atoms with van der Waals surface area (Å²) in [6.07, 6.45) is 5.93. The van der Waals surface area contributed by atoms with Crippen molar-refractivity contribution >= 4 is 39.2 Å². The van der Waals surface area contributed by atoms with Gasteiger partial charge < -0.3 is 5.32 Å². The summed E-state index contributed by atoms with van der Waals surface area (Å²) in [7, 11) is 0. The number of aryl methyl sites for hydroxylation is 2. The highest BCUT2D eigenvalue weighted by Crippen LogP contribution is 2.35. The van der Waals surface area contributed by atoms with Crippen LogP contribution in [0.4, 0.5) is 0 Å². The van der Waals surface area contributed by atoms with Gasteiger partial charge in [-0.3, -0.25) is 14.2 Å². The van der Waals surface area contributed by atoms with Gasteiger partial charge in [-0.25, -0.2) is 4.98 Å². The molecule has 2 aromatic heterocycles. The molecule has 7 heteroatoms. The monoisotopic (exact) mass is 391 g/mol. The molecule has 1 atom stereocenters. The molecule has 26 heavy (non-hydrogen) atoms. The van der Waals surface area contributed by atoms with E-state index in [4.69, 9.17) is 4.98 Å². The average Bonchev–Trinajstić information content (AvgIpc) is 3.21. The third-order valence-corrected chi connectivity index (χ3v) is 7.13. The van der Waals surface area contributed by atoms with Crippen LogP contribution in [-0.4, -0.2) is 27.3 Å². The van der Waals surface area contributed by atoms with Gasteiger partial charge >= 0.3 is 0 Å². The predicted molar refractivity (Wildman–Crippen MR) is 109 cm³/mol. The Bertz CT molecular complexity index is 894. The van der Waals surface area contributed by atoms with Crippen molar-refractivity contribution in [2.45, 2.75) is 62.9 Å². The number of amides is 1. The van der Waals surface area contributed by atoms with Crippen molar-refractivity contribution in [3.63, 3.8) is 0 Å². The van der Waals surface area contributed by atoms with E-state index in [0.717, 1.165) is 46.3 Å². The van der Waals surface area contributed by atoms with E-state index in [1.165, 1.54) is 11.8 Å². The Morgan fingerprint density at radius 3 is 2.81 bits per heavy atom. The number of nitrogens with zero attached hydrogens (tertiary/aromatic N) is 2. The van der Waals surface area contributed by atoms with Crippen LogP contribution in [0, 0.1) is 13.8 Å². The number of rotatable bonds is 6. The van der Waals surface area contributed by atoms with Crippen LogP contribution in [-0.2, 0) is 4.79 Å². The van der Waals surface area contributed by atoms with E-state index in [-0.39, 0.29) is 22.8 Å². The smallest absolute Gasteiger partial charge is 0.263 e. The molecule has 1 aliphatic carbocycles. The quantitative estimate of drug-likeness (QED) is 0.460. The first-order valence-corrected chi connectivity index (χ1v) is 10.7. The molecule has 3 rings (SSSR count). The summed E-state index contributed by atoms with van der Waals surface area (Å²) in [5.74, 6) is -0.0687. The first kappa shape index (κ1) is 19.2. The van der Waals surface area contributed by atoms with Crippen LogP contribution in [0.3, 0.4) is 0 Å². The summed E-state index contributed by atoms with van der Waals surface area (Å²) < 4.78 is 1.86. The van der Waals surface area contributed by atoms with Gasteiger partial charge in [-0.2, -0.15) is 0 Å². The van der Waals surface area contributed by atoms with Gasteiger partial charge in [0.15, 0.2) is 5.16 Å². The number of hydrogen-bond donors (Lipinski definition) is 1. The minimum absolute atomic E-state index is 0.0462. The second-order valence-corrected chi connectivity index (χ2v) is 9.28. The molecule has 0 aromatic carbocycles. The maximum absolute atomic E-state index is 13.3. The van der Waals surface area contributed by atoms with Gasteiger partial charge in [-0.15, -0.1) is 17.9 Å². The van der Waals surface area contributed by atoms with Crippen molar-refractivity contribution < 1.29 is 4.79 Å². The molecule has 0 saturated heterocycles. The third kappa shape index (κ3) is 3.60. The van der Waals surface area contributed by atoms with Crippen LogP contribution in [0.25, 0.3) is 10.2 Å². The fourth-order valence-electron chi connectivity index (χ4n) is 3.38. The van der Waals surface area contributed by atoms with Crippen molar-refractivity contribution in [1.29, 1.82) is 0 Å². The summed E-state index contributed by atoms with van der Waals surface area (Å²) >= 11 is 2.93. The summed E-state index contributed by atoms with van der Waals surface area (Å²) in [5, 5.41) is 3.90. The molecule has 0 radical (unpaired) electrons. The highest BCUT2D eigenvalue weighted by atomic mass is 32.2. The van der Waals surface area contributed by atoms with Crippen LogP contribution >= 0.6 is 23.1 Å². The minimum atomic E-state index is -0.325. The van der Waals surface area contributed by atoms with Crippen molar-refractivity contribution in [2.75, 3.05) is 6.54 Å². The normalized spacial score (nSPS) is 16.1. The van der Waals surface area contributed by atoms with E-state index >= 15 is 0 Å². The van der Waals surface area contributed by atoms with Crippen molar-refractivity contribution in [1.82, 2.24) is 14.9 Å². The molecule has 0 spiro atoms. The molecular weight excluding hydrogens is 366 g/mol. The maximum Gasteiger partial charge on any atom is 0.263 e. The summed E-state index contributed by atoms with van der Waals surface area (Å²) in [6, 6.07) is 0.185. The van der Waals surface area contributed by atoms with Crippen molar-refractivity contribution in [3.8, 4) is 0 Å². The number of nitrogens with one attached hydrogen (secondary N) is 1. The number of hydrogen-bond acceptors (Lipinski definition) is 5. The number of carbonyl (C=O) groups is 1. The Kier molecular flexibility index (Phi) is 5.87. The van der Waals surface area contributed by atoms with Crippen molar-refractivity contribution in [2.24, 2.45) is 0 Å². The molecule has 1 amide bonds. The Morgan fingerprint density at radius 1 is 1.46 bits per heavy atom. The largest absolute Gasteiger partial charge is 0.352 e. The van der Waals surface area contributed by atoms with Crippen molar-refractivity contribution in [3.05, 3.63) is 33.4 Å². The Balaban J connectivity index is 2.05. The van der Waals surface area contributed by atoms with Crippen LogP contribution in [0.2, 0.25) is 0 Å². The standard InChI is InChI=1S/C19H25N3O2S2/c1-5-10-20-16(23)13(4)26-19-21-17-15(11(2)12(3)25-17)18(24)22(19)14-8-6-7-9-14/h5,13-14H,1,6-10H2,2-4H3,(H,20,23). The van der Waals surface area contributed by atoms with E-state index in [2.05, 4.69) is 11.9 Å². The minimum Gasteiger partial charge on any atom is -0.352 e. The SMILES string of the molecule is C=CCNC(=O)C(C)Sc1nc2sc(C)c(C)c2c(=O)n1C1CCCC1. The molecule has 1 aliphatic rings. The van der Waals surface area contributed by atoms with Crippen LogP contribution in [0.5, 0.6) is 0 Å². The zero-order valence-corrected chi connectivity index (χ0v) is 17.1. The van der Waals surface area contributed by atoms with Crippen LogP contribution in [0.15, 0.2) is 22.6 Å². The van der Waals surface area contributed by atoms with Gasteiger partial charge in [0.05, 0.1) is 10.6 Å². The van der Waals surface area contributed by atoms with Gasteiger partial charge in [0.2, 0.25) is 5.91 Å². The molecule has 140 valence electrons. The number of thiophene rings is 1. The lowest BCUT2D eigenvalue weighted by Gasteiger charge is -2.19. The summed E-state index contributed by atoms with van der Waals surface area (Å²) in [4.78, 5) is 32.3. The second-order valence-electron chi connectivity index (χ2n) is 6.77. The van der Waals surface area contributed by atoms with E-state index < -0.39 is 0 Å². The lowest BCUT2D eigenvalue weighted by Crippen LogP contribution is -2.32. The van der Waals surface area contributed by atoms with Gasteiger partial charge in [0, 0.05) is 17.5 Å². The molecule has 2 heterocycles.